The van der Waals surface area contributed by atoms with Gasteiger partial charge in [-0.25, -0.2) is 22.7 Å². The van der Waals surface area contributed by atoms with Crippen molar-refractivity contribution >= 4 is 37.2 Å². The van der Waals surface area contributed by atoms with Gasteiger partial charge in [-0.1, -0.05) is 18.2 Å². The van der Waals surface area contributed by atoms with Crippen LogP contribution in [-0.2, 0) is 27.7 Å². The van der Waals surface area contributed by atoms with Crippen LogP contribution in [0.4, 0.5) is 22.0 Å². The topological polar surface area (TPSA) is 137 Å². The van der Waals surface area contributed by atoms with Gasteiger partial charge in [0.2, 0.25) is 0 Å². The van der Waals surface area contributed by atoms with E-state index in [0.717, 1.165) is 30.8 Å². The molecule has 0 fully saturated rings. The summed E-state index contributed by atoms with van der Waals surface area (Å²) in [6.07, 6.45) is -4.49. The molecule has 0 aliphatic carbocycles. The summed E-state index contributed by atoms with van der Waals surface area (Å²) in [6.45, 7) is -0.438. The zero-order valence-corrected chi connectivity index (χ0v) is 22.2. The van der Waals surface area contributed by atoms with Gasteiger partial charge in [0.25, 0.3) is 6.08 Å². The molecule has 0 atom stereocenters. The van der Waals surface area contributed by atoms with Crippen molar-refractivity contribution < 1.29 is 40.3 Å². The van der Waals surface area contributed by atoms with Gasteiger partial charge >= 0.3 is 17.8 Å². The van der Waals surface area contributed by atoms with Crippen LogP contribution in [0.5, 0.6) is 0 Å². The number of hydrogen-bond acceptors (Lipinski definition) is 7. The van der Waals surface area contributed by atoms with Crippen LogP contribution in [0, 0.1) is 0 Å². The van der Waals surface area contributed by atoms with Crippen LogP contribution in [0.2, 0.25) is 0 Å². The Kier molecular flexibility index (Phi) is 9.27. The number of aromatic nitrogens is 3. The van der Waals surface area contributed by atoms with Gasteiger partial charge in [0.05, 0.1) is 18.0 Å². The van der Waals surface area contributed by atoms with Gasteiger partial charge in [-0.15, -0.1) is 11.3 Å². The van der Waals surface area contributed by atoms with Crippen LogP contribution in [0.1, 0.15) is 4.88 Å². The molecule has 0 spiro atoms. The van der Waals surface area contributed by atoms with Gasteiger partial charge in [-0.3, -0.25) is 4.57 Å². The van der Waals surface area contributed by atoms with E-state index in [9.17, 15) is 35.2 Å². The summed E-state index contributed by atoms with van der Waals surface area (Å²) in [7, 11) is -3.26. The van der Waals surface area contributed by atoms with Gasteiger partial charge in [0.15, 0.2) is 9.84 Å². The Hall–Kier alpha value is -3.89. The minimum absolute atomic E-state index is 0.260. The number of hydrogen-bond donors (Lipinski definition) is 2. The molecule has 4 aromatic rings. The van der Waals surface area contributed by atoms with E-state index in [1.54, 1.807) is 24.3 Å². The lowest BCUT2D eigenvalue weighted by molar-refractivity contribution is -0.192. The highest BCUT2D eigenvalue weighted by atomic mass is 32.2. The number of aliphatic carboxylic acids is 1. The molecule has 0 saturated carbocycles. The fourth-order valence-corrected chi connectivity index (χ4v) is 5.06. The Morgan fingerprint density at radius 1 is 1.07 bits per heavy atom. The van der Waals surface area contributed by atoms with Crippen molar-refractivity contribution in [2.45, 2.75) is 24.2 Å². The first-order valence-corrected chi connectivity index (χ1v) is 13.8. The Labute approximate surface area is 227 Å². The van der Waals surface area contributed by atoms with E-state index < -0.39 is 33.8 Å². The zero-order valence-electron chi connectivity index (χ0n) is 20.5. The lowest BCUT2D eigenvalue weighted by Gasteiger charge is -2.04. The van der Waals surface area contributed by atoms with E-state index in [1.807, 2.05) is 24.3 Å². The maximum Gasteiger partial charge on any atom is 0.490 e. The molecule has 2 heterocycles. The standard InChI is InChI=1S/C22H20F2N4O3S2.C2HF3O2/c1-33(30,31)19-5-2-14(3-6-19)15-4-7-20-16(8-15)9-18(32-20)12-27-13-26-28(22(27)29)11-17(10-25)21(23)24;3-2(4,5)1(6)7/h2-9,13H,10-12,25H2,1H3;(H,6,7). The summed E-state index contributed by atoms with van der Waals surface area (Å²) >= 11 is 1.52. The number of carbonyl (C=O) groups is 1. The fraction of sp³-hybridized carbons (Fsp3) is 0.208. The summed E-state index contributed by atoms with van der Waals surface area (Å²) in [5, 5.41) is 12.0. The molecule has 214 valence electrons. The van der Waals surface area contributed by atoms with Gasteiger partial charge in [0, 0.05) is 28.0 Å². The van der Waals surface area contributed by atoms with Crippen LogP contribution >= 0.6 is 11.3 Å². The molecular formula is C24H21F5N4O5S2. The predicted octanol–water partition coefficient (Wildman–Crippen LogP) is 4.12. The van der Waals surface area contributed by atoms with Gasteiger partial charge in [-0.05, 0) is 46.8 Å². The highest BCUT2D eigenvalue weighted by Crippen LogP contribution is 2.31. The lowest BCUT2D eigenvalue weighted by Crippen LogP contribution is -2.27. The second-order valence-electron chi connectivity index (χ2n) is 8.33. The first-order valence-electron chi connectivity index (χ1n) is 11.1. The van der Waals surface area contributed by atoms with Crippen molar-refractivity contribution in [1.29, 1.82) is 0 Å². The number of benzene rings is 2. The summed E-state index contributed by atoms with van der Waals surface area (Å²) in [6, 6.07) is 14.6. The van der Waals surface area contributed by atoms with Crippen LogP contribution in [0.15, 0.2) is 76.2 Å². The molecule has 4 rings (SSSR count). The largest absolute Gasteiger partial charge is 0.490 e. The highest BCUT2D eigenvalue weighted by molar-refractivity contribution is 7.90. The third-order valence-corrected chi connectivity index (χ3v) is 7.63. The normalized spacial score (nSPS) is 11.7. The van der Waals surface area contributed by atoms with E-state index in [-0.39, 0.29) is 30.1 Å². The number of fused-ring (bicyclic) bond motifs is 1. The smallest absolute Gasteiger partial charge is 0.475 e. The third kappa shape index (κ3) is 7.61. The molecule has 9 nitrogen and oxygen atoms in total. The Morgan fingerprint density at radius 3 is 2.20 bits per heavy atom. The average molecular weight is 605 g/mol. The second kappa shape index (κ2) is 12.1. The number of sulfone groups is 1. The third-order valence-electron chi connectivity index (χ3n) is 5.40. The Balaban J connectivity index is 0.000000559. The Bertz CT molecular complexity index is 1720. The van der Waals surface area contributed by atoms with Crippen molar-refractivity contribution in [1.82, 2.24) is 14.3 Å². The second-order valence-corrected chi connectivity index (χ2v) is 11.5. The molecule has 0 saturated heterocycles. The van der Waals surface area contributed by atoms with E-state index in [4.69, 9.17) is 15.6 Å². The Morgan fingerprint density at radius 2 is 1.68 bits per heavy atom. The van der Waals surface area contributed by atoms with E-state index in [2.05, 4.69) is 5.10 Å². The molecule has 40 heavy (non-hydrogen) atoms. The summed E-state index contributed by atoms with van der Waals surface area (Å²) in [5.74, 6) is -2.76. The number of nitrogens with two attached hydrogens (primary N) is 1. The highest BCUT2D eigenvalue weighted by Gasteiger charge is 2.38. The summed E-state index contributed by atoms with van der Waals surface area (Å²) in [4.78, 5) is 22.6. The van der Waals surface area contributed by atoms with Gasteiger partial charge in [0.1, 0.15) is 6.33 Å². The van der Waals surface area contributed by atoms with Crippen molar-refractivity contribution in [2.24, 2.45) is 5.73 Å². The summed E-state index contributed by atoms with van der Waals surface area (Å²) < 4.78 is 84.1. The molecule has 2 aromatic heterocycles. The molecule has 0 aliphatic heterocycles. The number of carboxylic acids is 1. The number of thiophene rings is 1. The first kappa shape index (κ1) is 30.6. The number of halogens is 5. The molecule has 0 unspecified atom stereocenters. The average Bonchev–Trinajstić information content (AvgIpc) is 3.43. The van der Waals surface area contributed by atoms with E-state index in [0.29, 0.717) is 0 Å². The summed E-state index contributed by atoms with van der Waals surface area (Å²) in [5.41, 5.74) is 6.31. The van der Waals surface area contributed by atoms with Crippen LogP contribution < -0.4 is 11.4 Å². The number of alkyl halides is 3. The number of rotatable bonds is 7. The molecule has 0 aliphatic rings. The molecule has 3 N–H and O–H groups in total. The molecule has 0 amide bonds. The van der Waals surface area contributed by atoms with Crippen molar-refractivity contribution in [3.05, 3.63) is 81.9 Å². The number of nitrogens with zero attached hydrogens (tertiary/aromatic N) is 3. The quantitative estimate of drug-likeness (QED) is 0.303. The monoisotopic (exact) mass is 604 g/mol. The van der Waals surface area contributed by atoms with E-state index in [1.165, 1.54) is 28.5 Å². The van der Waals surface area contributed by atoms with Crippen LogP contribution in [0.3, 0.4) is 0 Å². The van der Waals surface area contributed by atoms with Crippen molar-refractivity contribution in [3.63, 3.8) is 0 Å². The molecule has 16 heteroatoms. The number of carboxylic acid groups (broad SMARTS) is 1. The minimum Gasteiger partial charge on any atom is -0.475 e. The molecule has 0 bridgehead atoms. The van der Waals surface area contributed by atoms with E-state index >= 15 is 0 Å². The van der Waals surface area contributed by atoms with Gasteiger partial charge in [-0.2, -0.15) is 27.1 Å². The SMILES string of the molecule is CS(=O)(=O)c1ccc(-c2ccc3sc(Cn4cnn(CC(CN)=C(F)F)c4=O)cc3c2)cc1.O=C(O)C(F)(F)F. The fourth-order valence-electron chi connectivity index (χ4n) is 3.39. The maximum absolute atomic E-state index is 12.8. The van der Waals surface area contributed by atoms with Crippen molar-refractivity contribution in [2.75, 3.05) is 12.8 Å². The van der Waals surface area contributed by atoms with Crippen LogP contribution in [0.25, 0.3) is 21.2 Å². The lowest BCUT2D eigenvalue weighted by atomic mass is 10.0. The minimum atomic E-state index is -5.08. The predicted molar refractivity (Wildman–Crippen MR) is 138 cm³/mol. The van der Waals surface area contributed by atoms with Crippen molar-refractivity contribution in [3.8, 4) is 11.1 Å². The first-order chi connectivity index (χ1) is 18.6. The molecular weight excluding hydrogens is 583 g/mol. The molecule has 2 aromatic carbocycles. The van der Waals surface area contributed by atoms with Gasteiger partial charge < -0.3 is 10.8 Å². The molecule has 0 radical (unpaired) electrons. The van der Waals surface area contributed by atoms with Crippen LogP contribution in [-0.4, -0.2) is 52.8 Å². The maximum atomic E-state index is 12.8. The zero-order chi connectivity index (χ0) is 29.8.